The average Bonchev–Trinajstić information content (AvgIpc) is 1.66. The van der Waals surface area contributed by atoms with Crippen LogP contribution in [-0.4, -0.2) is 196 Å². The molecule has 9 rings (SSSR count). The Morgan fingerprint density at radius 1 is 0.429 bits per heavy atom. The van der Waals surface area contributed by atoms with Crippen molar-refractivity contribution < 1.29 is 122 Å². The predicted octanol–water partition coefficient (Wildman–Crippen LogP) is 15.4. The van der Waals surface area contributed by atoms with Crippen LogP contribution in [0.4, 0.5) is 45.5 Å². The molecule has 8 atom stereocenters. The number of esters is 3. The van der Waals surface area contributed by atoms with Gasteiger partial charge in [0.25, 0.3) is 4.51 Å². The van der Waals surface area contributed by atoms with Crippen molar-refractivity contribution in [2.45, 2.75) is 212 Å². The van der Waals surface area contributed by atoms with Gasteiger partial charge in [0, 0.05) is 37.9 Å². The van der Waals surface area contributed by atoms with Crippen molar-refractivity contribution >= 4 is 94.0 Å². The molecule has 0 saturated carbocycles. The second kappa shape index (κ2) is 40.3. The Morgan fingerprint density at radius 3 is 1.03 bits per heavy atom. The third kappa shape index (κ3) is 32.7. The zero-order valence-electron chi connectivity index (χ0n) is 64.8. The van der Waals surface area contributed by atoms with Gasteiger partial charge in [-0.1, -0.05) is 91.0 Å². The molecule has 33 heteroatoms. The number of aliphatic hydroxyl groups is 1. The number of halogens is 7. The summed E-state index contributed by atoms with van der Waals surface area (Å²) >= 11 is 14.7. The zero-order valence-corrected chi connectivity index (χ0v) is 67.2. The Kier molecular flexibility index (Phi) is 33.5. The third-order valence-corrected chi connectivity index (χ3v) is 16.2. The molecule has 2 N–H and O–H groups in total. The summed E-state index contributed by atoms with van der Waals surface area (Å²) in [6.45, 7) is 20.3. The van der Waals surface area contributed by atoms with Gasteiger partial charge in [0.1, 0.15) is 107 Å². The van der Waals surface area contributed by atoms with Crippen molar-refractivity contribution in [3.8, 4) is 11.5 Å². The van der Waals surface area contributed by atoms with E-state index in [1.165, 1.54) is 62.4 Å². The summed E-state index contributed by atoms with van der Waals surface area (Å²) in [6.07, 6.45) is -4.14. The molecule has 0 bridgehead atoms. The summed E-state index contributed by atoms with van der Waals surface area (Å²) in [5.74, 6) is -3.43. The van der Waals surface area contributed by atoms with E-state index in [2.05, 4.69) is 12.2 Å². The normalized spacial score (nSPS) is 21.8. The van der Waals surface area contributed by atoms with Gasteiger partial charge in [-0.3, -0.25) is 19.6 Å². The van der Waals surface area contributed by atoms with Gasteiger partial charge in [-0.2, -0.15) is 0 Å². The average molecular weight is 1640 g/mol. The maximum atomic E-state index is 15.7. The van der Waals surface area contributed by atoms with Crippen LogP contribution < -0.4 is 9.47 Å². The van der Waals surface area contributed by atoms with E-state index in [1.54, 1.807) is 119 Å². The van der Waals surface area contributed by atoms with Crippen LogP contribution in [0, 0.1) is 11.6 Å². The molecule has 0 radical (unpaired) electrons. The van der Waals surface area contributed by atoms with E-state index < -0.39 is 150 Å². The molecule has 0 aliphatic carbocycles. The number of aliphatic hydroxyl groups excluding tert-OH is 1. The Balaban J connectivity index is 0.000000261. The van der Waals surface area contributed by atoms with Crippen LogP contribution in [0.2, 0.25) is 0 Å². The number of carboxylic acid groups (broad SMARTS) is 1. The second-order valence-corrected chi connectivity index (χ2v) is 32.4. The van der Waals surface area contributed by atoms with Gasteiger partial charge in [-0.05, 0) is 186 Å². The topological polar surface area (TPSA) is 282 Å². The number of nitrogens with zero attached hydrogens (tertiary/aromatic N) is 4. The first-order chi connectivity index (χ1) is 51.8. The Hall–Kier alpha value is -9.53. The minimum atomic E-state index is -2.12. The van der Waals surface area contributed by atoms with Crippen molar-refractivity contribution in [1.29, 1.82) is 0 Å². The number of benzene rings is 5. The van der Waals surface area contributed by atoms with E-state index in [9.17, 15) is 65.4 Å². The lowest BCUT2D eigenvalue weighted by Gasteiger charge is -2.27. The summed E-state index contributed by atoms with van der Waals surface area (Å²) < 4.78 is 136. The van der Waals surface area contributed by atoms with Crippen LogP contribution in [0.3, 0.4) is 0 Å². The number of ether oxygens (including phenoxy) is 10. The van der Waals surface area contributed by atoms with E-state index in [4.69, 9.17) is 76.3 Å². The van der Waals surface area contributed by atoms with Crippen molar-refractivity contribution in [3.05, 3.63) is 168 Å². The van der Waals surface area contributed by atoms with Crippen LogP contribution in [0.25, 0.3) is 0 Å². The molecule has 4 aliphatic rings. The number of likely N-dealkylation sites (tertiary alicyclic amines) is 4. The van der Waals surface area contributed by atoms with Gasteiger partial charge >= 0.3 is 53.5 Å². The van der Waals surface area contributed by atoms with E-state index in [0.717, 1.165) is 36.3 Å². The van der Waals surface area contributed by atoms with Gasteiger partial charge in [0.05, 0.1) is 32.8 Å². The van der Waals surface area contributed by atoms with E-state index in [0.29, 0.717) is 5.75 Å². The number of aliphatic carboxylic acids is 1. The predicted molar refractivity (Wildman–Crippen MR) is 407 cm³/mol. The number of amides is 4. The standard InChI is InChI=1S/C25H27F2NO6S.C18H24FNO5.C18H24FNO4.C11H18FNO4.C7H4ClFOS/c1-24(2,3)34-22(30)28-15-25(27,16-32-23(35)33-19-11-9-18(26)10-12-19)13-20(28)21(29)31-14-17-7-5-4-6-8-17;1-17(2,3)25-16(23)20-11-18(19,12-21)9-14(20)15(22)24-10-13-7-5-4-6-8-13;1-17(2,3)24-16(22)20-12-18(4,19)10-14(20)15(21)23-11-13-8-6-5-7-9-13;1-10(2,3)17-9(16)13-6-11(4,12)5-7(13)8(14)15;8-7(11)10-6-3-1-5(9)2-4-6/h4-12,20H,13-16H2,1-3H3;4-8,14,21H,9-12H2,1-3H3;5-9,14H,10-12H2,1-4H3;7H,5-6H2,1-4H3,(H,14,15);1-4H/t20-,25+;2*14-,18+;7-,11+;/m0000./s1. The number of rotatable bonds is 15. The van der Waals surface area contributed by atoms with Crippen LogP contribution in [0.1, 0.15) is 139 Å². The Labute approximate surface area is 663 Å². The molecule has 0 unspecified atom stereocenters. The van der Waals surface area contributed by atoms with Crippen LogP contribution in [0.5, 0.6) is 11.5 Å². The fourth-order valence-electron chi connectivity index (χ4n) is 11.0. The van der Waals surface area contributed by atoms with Gasteiger partial charge in [0.2, 0.25) is 0 Å². The summed E-state index contributed by atoms with van der Waals surface area (Å²) in [6, 6.07) is 33.2. The lowest BCUT2D eigenvalue weighted by molar-refractivity contribution is -0.151. The molecule has 614 valence electrons. The van der Waals surface area contributed by atoms with Crippen molar-refractivity contribution in [2.24, 2.45) is 0 Å². The number of carbonyl (C=O) groups excluding carboxylic acids is 7. The molecule has 112 heavy (non-hydrogen) atoms. The summed E-state index contributed by atoms with van der Waals surface area (Å²) in [7, 11) is 0. The smallest absolute Gasteiger partial charge is 0.411 e. The van der Waals surface area contributed by atoms with Crippen LogP contribution >= 0.6 is 36.0 Å². The largest absolute Gasteiger partial charge is 0.480 e. The number of hydrogen-bond donors (Lipinski definition) is 2. The first-order valence-corrected chi connectivity index (χ1v) is 36.5. The maximum Gasteiger partial charge on any atom is 0.411 e. The molecule has 5 aromatic carbocycles. The fraction of sp³-hybridized carbons (Fsp3) is 0.494. The summed E-state index contributed by atoms with van der Waals surface area (Å²) in [4.78, 5) is 102. The summed E-state index contributed by atoms with van der Waals surface area (Å²) in [5, 5.41) is 17.8. The highest BCUT2D eigenvalue weighted by Crippen LogP contribution is 2.37. The molecule has 4 amide bonds. The number of alkyl halides is 4. The highest BCUT2D eigenvalue weighted by atomic mass is 35.5. The Morgan fingerprint density at radius 2 is 0.714 bits per heavy atom. The van der Waals surface area contributed by atoms with Gasteiger partial charge < -0.3 is 57.6 Å². The zero-order chi connectivity index (χ0) is 84.0. The molecule has 4 saturated heterocycles. The fourth-order valence-corrected chi connectivity index (χ4v) is 11.3. The minimum Gasteiger partial charge on any atom is -0.480 e. The highest BCUT2D eigenvalue weighted by molar-refractivity contribution is 7.82. The minimum absolute atomic E-state index is 0.0241. The van der Waals surface area contributed by atoms with Gasteiger partial charge in [0.15, 0.2) is 11.3 Å². The van der Waals surface area contributed by atoms with Crippen LogP contribution in [-0.2, 0) is 76.9 Å². The second-order valence-electron chi connectivity index (χ2n) is 31.1. The monoisotopic (exact) mass is 1630 g/mol. The number of hydrogen-bond acceptors (Lipinski definition) is 21. The molecule has 4 heterocycles. The van der Waals surface area contributed by atoms with E-state index >= 15 is 4.39 Å². The third-order valence-electron chi connectivity index (χ3n) is 15.8. The van der Waals surface area contributed by atoms with Gasteiger partial charge in [-0.25, -0.2) is 64.7 Å². The molecule has 5 aromatic rings. The van der Waals surface area contributed by atoms with Crippen molar-refractivity contribution in [2.75, 3.05) is 39.4 Å². The number of carbonyl (C=O) groups is 8. The van der Waals surface area contributed by atoms with E-state index in [1.807, 2.05) is 54.6 Å². The Bertz CT molecular complexity index is 3990. The molecule has 4 aliphatic heterocycles. The number of thiocarbonyl (C=S) groups is 2. The molecular formula is C79H97ClF6N4O20S2. The maximum absolute atomic E-state index is 15.7. The lowest BCUT2D eigenvalue weighted by Crippen LogP contribution is -2.44. The number of carboxylic acids is 1. The molecular weight excluding hydrogens is 1540 g/mol. The van der Waals surface area contributed by atoms with Gasteiger partial charge in [-0.15, -0.1) is 0 Å². The first-order valence-electron chi connectivity index (χ1n) is 35.3. The van der Waals surface area contributed by atoms with Crippen molar-refractivity contribution in [3.63, 3.8) is 0 Å². The van der Waals surface area contributed by atoms with E-state index in [-0.39, 0.29) is 79.9 Å². The van der Waals surface area contributed by atoms with Crippen molar-refractivity contribution in [1.82, 2.24) is 19.6 Å². The SMILES string of the molecule is CC(C)(C)OC(=O)N1C[C@@](F)(CO)C[C@H]1C(=O)OCc1ccccc1.CC(C)(C)OC(=O)N1C[C@@](F)(COC(=S)Oc2ccc(F)cc2)C[C@H]1C(=O)OCc1ccccc1.CC(C)(C)OC(=O)N1C[C@](C)(F)C[C@H]1C(=O)O.CC(C)(C)OC(=O)N1C[C@](C)(F)C[C@H]1C(=O)OCc1ccccc1.Fc1ccc(OC(=S)Cl)cc1. The molecule has 24 nitrogen and oxygen atoms in total. The molecule has 0 aromatic heterocycles. The molecule has 4 fully saturated rings. The highest BCUT2D eigenvalue weighted by Gasteiger charge is 2.54. The summed E-state index contributed by atoms with van der Waals surface area (Å²) in [5.41, 5.74) is -8.21. The lowest BCUT2D eigenvalue weighted by atomic mass is 10.0. The first kappa shape index (κ1) is 93.1. The molecule has 0 spiro atoms. The quantitative estimate of drug-likeness (QED) is 0.0324. The van der Waals surface area contributed by atoms with Crippen LogP contribution in [0.15, 0.2) is 140 Å².